The summed E-state index contributed by atoms with van der Waals surface area (Å²) in [5.74, 6) is -1.47. The van der Waals surface area contributed by atoms with E-state index in [1.54, 1.807) is 0 Å². The van der Waals surface area contributed by atoms with Gasteiger partial charge in [-0.1, -0.05) is 0 Å². The minimum absolute atomic E-state index is 0.0755. The van der Waals surface area contributed by atoms with Crippen LogP contribution in [0.2, 0.25) is 0 Å². The van der Waals surface area contributed by atoms with Crippen molar-refractivity contribution in [2.75, 3.05) is 13.2 Å². The molecule has 17 heavy (non-hydrogen) atoms. The lowest BCUT2D eigenvalue weighted by Gasteiger charge is -2.24. The third kappa shape index (κ3) is 1.98. The number of H-pyrrole nitrogens is 1. The standard InChI is InChI=1S/C9H12N4O4/c1-9(8(15)16)4-17-3-6(9)11-7(14)5-2-10-13-12-5/h2,6H,3-4H2,1H3,(H,11,14)(H,15,16)(H,10,12,13). The van der Waals surface area contributed by atoms with E-state index >= 15 is 0 Å². The van der Waals surface area contributed by atoms with Gasteiger partial charge in [0, 0.05) is 0 Å². The second kappa shape index (κ2) is 4.13. The number of nitrogens with zero attached hydrogens (tertiary/aromatic N) is 2. The number of aromatic nitrogens is 3. The van der Waals surface area contributed by atoms with E-state index in [0.29, 0.717) is 0 Å². The van der Waals surface area contributed by atoms with E-state index in [0.717, 1.165) is 0 Å². The second-order valence-electron chi connectivity index (χ2n) is 4.12. The van der Waals surface area contributed by atoms with Crippen LogP contribution in [0.1, 0.15) is 17.4 Å². The van der Waals surface area contributed by atoms with E-state index in [-0.39, 0.29) is 18.9 Å². The Morgan fingerprint density at radius 1 is 1.71 bits per heavy atom. The van der Waals surface area contributed by atoms with E-state index in [9.17, 15) is 9.59 Å². The number of ether oxygens (including phenoxy) is 1. The van der Waals surface area contributed by atoms with Crippen molar-refractivity contribution < 1.29 is 19.4 Å². The molecule has 1 amide bonds. The Morgan fingerprint density at radius 3 is 3.06 bits per heavy atom. The smallest absolute Gasteiger partial charge is 0.313 e. The zero-order valence-electron chi connectivity index (χ0n) is 9.14. The molecule has 2 unspecified atom stereocenters. The summed E-state index contributed by atoms with van der Waals surface area (Å²) in [6.45, 7) is 1.79. The molecule has 0 spiro atoms. The number of amides is 1. The van der Waals surface area contributed by atoms with Gasteiger partial charge in [0.15, 0.2) is 5.69 Å². The number of carboxylic acid groups (broad SMARTS) is 1. The summed E-state index contributed by atoms with van der Waals surface area (Å²) in [4.78, 5) is 22.8. The van der Waals surface area contributed by atoms with Crippen molar-refractivity contribution in [2.45, 2.75) is 13.0 Å². The largest absolute Gasteiger partial charge is 0.481 e. The van der Waals surface area contributed by atoms with Crippen molar-refractivity contribution in [1.29, 1.82) is 0 Å². The van der Waals surface area contributed by atoms with Gasteiger partial charge in [0.05, 0.1) is 25.5 Å². The summed E-state index contributed by atoms with van der Waals surface area (Å²) in [7, 11) is 0. The lowest BCUT2D eigenvalue weighted by atomic mass is 9.85. The number of rotatable bonds is 3. The predicted molar refractivity (Wildman–Crippen MR) is 54.2 cm³/mol. The molecule has 1 aromatic heterocycles. The Kier molecular flexibility index (Phi) is 2.80. The zero-order chi connectivity index (χ0) is 12.5. The molecule has 1 fully saturated rings. The molecule has 92 valence electrons. The average Bonchev–Trinajstić information content (AvgIpc) is 2.89. The summed E-state index contributed by atoms with van der Waals surface area (Å²) < 4.78 is 5.11. The van der Waals surface area contributed by atoms with Crippen LogP contribution < -0.4 is 5.32 Å². The van der Waals surface area contributed by atoms with Gasteiger partial charge in [0.1, 0.15) is 5.41 Å². The molecule has 1 saturated heterocycles. The molecule has 0 aromatic carbocycles. The van der Waals surface area contributed by atoms with Gasteiger partial charge in [0.2, 0.25) is 0 Å². The molecule has 2 heterocycles. The quantitative estimate of drug-likeness (QED) is 0.625. The predicted octanol–water partition coefficient (Wildman–Crippen LogP) is -0.976. The summed E-state index contributed by atoms with van der Waals surface area (Å²) in [5, 5.41) is 21.1. The number of carbonyl (C=O) groups excluding carboxylic acids is 1. The number of aliphatic carboxylic acids is 1. The molecule has 1 aliphatic rings. The Balaban J connectivity index is 2.09. The molecule has 8 nitrogen and oxygen atoms in total. The van der Waals surface area contributed by atoms with E-state index < -0.39 is 23.3 Å². The van der Waals surface area contributed by atoms with E-state index in [2.05, 4.69) is 20.7 Å². The minimum atomic E-state index is -1.11. The highest BCUT2D eigenvalue weighted by atomic mass is 16.5. The zero-order valence-corrected chi connectivity index (χ0v) is 9.14. The van der Waals surface area contributed by atoms with E-state index in [4.69, 9.17) is 9.84 Å². The fourth-order valence-electron chi connectivity index (χ4n) is 1.63. The molecule has 3 N–H and O–H groups in total. The topological polar surface area (TPSA) is 117 Å². The normalized spacial score (nSPS) is 27.9. The summed E-state index contributed by atoms with van der Waals surface area (Å²) in [6.07, 6.45) is 1.27. The number of carbonyl (C=O) groups is 2. The van der Waals surface area contributed by atoms with Gasteiger partial charge in [-0.2, -0.15) is 15.4 Å². The van der Waals surface area contributed by atoms with Crippen LogP contribution in [-0.4, -0.2) is 51.6 Å². The molecule has 0 saturated carbocycles. The van der Waals surface area contributed by atoms with E-state index in [1.807, 2.05) is 0 Å². The summed E-state index contributed by atoms with van der Waals surface area (Å²) in [6, 6.07) is -0.579. The van der Waals surface area contributed by atoms with Crippen molar-refractivity contribution in [3.63, 3.8) is 0 Å². The molecule has 1 aromatic rings. The Labute approximate surface area is 96.3 Å². The van der Waals surface area contributed by atoms with Gasteiger partial charge in [-0.05, 0) is 6.92 Å². The SMILES string of the molecule is CC1(C(=O)O)COCC1NC(=O)c1cn[nH]n1. The van der Waals surface area contributed by atoms with Crippen LogP contribution in [0.4, 0.5) is 0 Å². The molecule has 2 atom stereocenters. The van der Waals surface area contributed by atoms with Crippen molar-refractivity contribution in [1.82, 2.24) is 20.7 Å². The third-order valence-electron chi connectivity index (χ3n) is 2.90. The highest BCUT2D eigenvalue weighted by Crippen LogP contribution is 2.28. The van der Waals surface area contributed by atoms with Crippen molar-refractivity contribution in [3.8, 4) is 0 Å². The molecule has 0 bridgehead atoms. The van der Waals surface area contributed by atoms with Gasteiger partial charge in [-0.25, -0.2) is 0 Å². The first-order valence-electron chi connectivity index (χ1n) is 5.02. The maximum Gasteiger partial charge on any atom is 0.313 e. The molecular weight excluding hydrogens is 228 g/mol. The van der Waals surface area contributed by atoms with Crippen LogP contribution in [0.15, 0.2) is 6.20 Å². The Morgan fingerprint density at radius 2 is 2.47 bits per heavy atom. The number of hydrogen-bond donors (Lipinski definition) is 3. The first-order valence-corrected chi connectivity index (χ1v) is 5.02. The minimum Gasteiger partial charge on any atom is -0.481 e. The highest BCUT2D eigenvalue weighted by Gasteiger charge is 2.47. The number of carboxylic acids is 1. The first kappa shape index (κ1) is 11.5. The van der Waals surface area contributed by atoms with Crippen LogP contribution in [0.5, 0.6) is 0 Å². The van der Waals surface area contributed by atoms with Gasteiger partial charge < -0.3 is 15.2 Å². The molecule has 2 rings (SSSR count). The van der Waals surface area contributed by atoms with Crippen molar-refractivity contribution in [3.05, 3.63) is 11.9 Å². The highest BCUT2D eigenvalue weighted by molar-refractivity contribution is 5.92. The lowest BCUT2D eigenvalue weighted by molar-refractivity contribution is -0.148. The van der Waals surface area contributed by atoms with Crippen LogP contribution in [0.25, 0.3) is 0 Å². The number of hydrogen-bond acceptors (Lipinski definition) is 5. The maximum atomic E-state index is 11.7. The summed E-state index contributed by atoms with van der Waals surface area (Å²) in [5.41, 5.74) is -0.996. The van der Waals surface area contributed by atoms with E-state index in [1.165, 1.54) is 13.1 Å². The monoisotopic (exact) mass is 240 g/mol. The average molecular weight is 240 g/mol. The summed E-state index contributed by atoms with van der Waals surface area (Å²) >= 11 is 0. The van der Waals surface area contributed by atoms with Crippen LogP contribution >= 0.6 is 0 Å². The van der Waals surface area contributed by atoms with Gasteiger partial charge >= 0.3 is 5.97 Å². The van der Waals surface area contributed by atoms with Crippen LogP contribution in [-0.2, 0) is 9.53 Å². The Bertz CT molecular complexity index is 432. The van der Waals surface area contributed by atoms with Crippen molar-refractivity contribution >= 4 is 11.9 Å². The fraction of sp³-hybridized carbons (Fsp3) is 0.556. The van der Waals surface area contributed by atoms with Crippen LogP contribution in [0, 0.1) is 5.41 Å². The van der Waals surface area contributed by atoms with Crippen LogP contribution in [0.3, 0.4) is 0 Å². The number of nitrogens with one attached hydrogen (secondary N) is 2. The second-order valence-corrected chi connectivity index (χ2v) is 4.12. The Hall–Kier alpha value is -1.96. The molecule has 0 aliphatic carbocycles. The third-order valence-corrected chi connectivity index (χ3v) is 2.90. The fourth-order valence-corrected chi connectivity index (χ4v) is 1.63. The number of aromatic amines is 1. The molecule has 1 aliphatic heterocycles. The molecule has 0 radical (unpaired) electrons. The van der Waals surface area contributed by atoms with Gasteiger partial charge in [-0.3, -0.25) is 9.59 Å². The molecular formula is C9H12N4O4. The van der Waals surface area contributed by atoms with Crippen molar-refractivity contribution in [2.24, 2.45) is 5.41 Å². The van der Waals surface area contributed by atoms with Gasteiger partial charge in [0.25, 0.3) is 5.91 Å². The molecule has 8 heteroatoms. The lowest BCUT2D eigenvalue weighted by Crippen LogP contribution is -2.49. The van der Waals surface area contributed by atoms with Gasteiger partial charge in [-0.15, -0.1) is 0 Å². The maximum absolute atomic E-state index is 11.7. The first-order chi connectivity index (χ1) is 8.04.